The molecular formula is C18H12Br4N2. The molecule has 0 atom stereocenters. The Labute approximate surface area is 175 Å². The maximum atomic E-state index is 3.96. The second kappa shape index (κ2) is 10.2. The third-order valence-corrected chi connectivity index (χ3v) is 6.53. The molecule has 0 spiro atoms. The van der Waals surface area contributed by atoms with Gasteiger partial charge in [0, 0.05) is 42.7 Å². The average Bonchev–Trinajstić information content (AvgIpc) is 2.61. The van der Waals surface area contributed by atoms with E-state index in [-0.39, 0.29) is 0 Å². The first-order chi connectivity index (χ1) is 11.6. The smallest absolute Gasteiger partial charge is 0.0329 e. The van der Waals surface area contributed by atoms with Crippen molar-refractivity contribution in [3.63, 3.8) is 0 Å². The summed E-state index contributed by atoms with van der Waals surface area (Å²) in [4.78, 5) is 7.91. The number of halogens is 4. The van der Waals surface area contributed by atoms with E-state index in [9.17, 15) is 0 Å². The first kappa shape index (κ1) is 19.5. The zero-order valence-electron chi connectivity index (χ0n) is 12.3. The Morgan fingerprint density at radius 1 is 0.542 bits per heavy atom. The van der Waals surface area contributed by atoms with Crippen molar-refractivity contribution >= 4 is 75.9 Å². The average molecular weight is 576 g/mol. The second-order valence-corrected chi connectivity index (χ2v) is 7.99. The molecular weight excluding hydrogens is 564 g/mol. The lowest BCUT2D eigenvalue weighted by molar-refractivity contribution is 1.32. The van der Waals surface area contributed by atoms with Crippen molar-refractivity contribution in [1.29, 1.82) is 0 Å². The standard InChI is InChI=1S/C12H10N2.C6H2Br4/c1(11-3-7-13-8-4-11)2-12-5-9-14-10-6-12;7-3-1-4(8)6(10)2-5(3)9/h1-10H;1-2H/b2-1+;. The molecule has 0 radical (unpaired) electrons. The molecule has 0 amide bonds. The van der Waals surface area contributed by atoms with Crippen LogP contribution in [-0.4, -0.2) is 9.97 Å². The minimum Gasteiger partial charge on any atom is -0.265 e. The normalized spacial score (nSPS) is 10.3. The summed E-state index contributed by atoms with van der Waals surface area (Å²) in [6.45, 7) is 0. The summed E-state index contributed by atoms with van der Waals surface area (Å²) < 4.78 is 4.18. The van der Waals surface area contributed by atoms with Gasteiger partial charge in [0.25, 0.3) is 0 Å². The second-order valence-electron chi connectivity index (χ2n) is 4.57. The van der Waals surface area contributed by atoms with Crippen LogP contribution in [0.2, 0.25) is 0 Å². The molecule has 0 fully saturated rings. The summed E-state index contributed by atoms with van der Waals surface area (Å²) in [5, 5.41) is 0. The van der Waals surface area contributed by atoms with Gasteiger partial charge in [0.15, 0.2) is 0 Å². The summed E-state index contributed by atoms with van der Waals surface area (Å²) in [6.07, 6.45) is 11.2. The van der Waals surface area contributed by atoms with Crippen LogP contribution in [0.4, 0.5) is 0 Å². The molecule has 122 valence electrons. The Bertz CT molecular complexity index is 714. The molecule has 24 heavy (non-hydrogen) atoms. The number of nitrogens with zero attached hydrogens (tertiary/aromatic N) is 2. The van der Waals surface area contributed by atoms with Crippen LogP contribution in [0.3, 0.4) is 0 Å². The number of pyridine rings is 2. The van der Waals surface area contributed by atoms with E-state index in [1.54, 1.807) is 24.8 Å². The van der Waals surface area contributed by atoms with Gasteiger partial charge in [0.1, 0.15) is 0 Å². The highest BCUT2D eigenvalue weighted by Crippen LogP contribution is 2.32. The predicted octanol–water partition coefficient (Wildman–Crippen LogP) is 7.38. The molecule has 0 aliphatic carbocycles. The van der Waals surface area contributed by atoms with E-state index < -0.39 is 0 Å². The fraction of sp³-hybridized carbons (Fsp3) is 0. The summed E-state index contributed by atoms with van der Waals surface area (Å²) >= 11 is 13.5. The molecule has 1 aromatic carbocycles. The first-order valence-electron chi connectivity index (χ1n) is 6.84. The summed E-state index contributed by atoms with van der Waals surface area (Å²) in [5.41, 5.74) is 2.30. The number of aromatic nitrogens is 2. The lowest BCUT2D eigenvalue weighted by atomic mass is 10.2. The molecule has 0 aliphatic heterocycles. The molecule has 0 aliphatic rings. The maximum Gasteiger partial charge on any atom is 0.0329 e. The van der Waals surface area contributed by atoms with Gasteiger partial charge in [0.05, 0.1) is 0 Å². The first-order valence-corrected chi connectivity index (χ1v) is 10.0. The van der Waals surface area contributed by atoms with Crippen molar-refractivity contribution in [2.75, 3.05) is 0 Å². The molecule has 0 saturated heterocycles. The number of benzene rings is 1. The maximum absolute atomic E-state index is 3.96. The molecule has 0 N–H and O–H groups in total. The highest BCUT2D eigenvalue weighted by atomic mass is 79.9. The van der Waals surface area contributed by atoms with Gasteiger partial charge < -0.3 is 0 Å². The Kier molecular flexibility index (Phi) is 8.32. The van der Waals surface area contributed by atoms with Crippen molar-refractivity contribution < 1.29 is 0 Å². The third-order valence-electron chi connectivity index (χ3n) is 2.84. The summed E-state index contributed by atoms with van der Waals surface area (Å²) in [7, 11) is 0. The number of rotatable bonds is 2. The Balaban J connectivity index is 0.000000185. The molecule has 2 nitrogen and oxygen atoms in total. The SMILES string of the molecule is Brc1cc(Br)c(Br)cc1Br.C(=C\c1ccncc1)/c1ccncc1. The van der Waals surface area contributed by atoms with Gasteiger partial charge in [0.2, 0.25) is 0 Å². The van der Waals surface area contributed by atoms with Crippen LogP contribution in [0.5, 0.6) is 0 Å². The minimum atomic E-state index is 1.04. The van der Waals surface area contributed by atoms with E-state index >= 15 is 0 Å². The molecule has 3 rings (SSSR count). The molecule has 2 aromatic heterocycles. The third kappa shape index (κ3) is 6.59. The van der Waals surface area contributed by atoms with Crippen LogP contribution in [0.1, 0.15) is 11.1 Å². The largest absolute Gasteiger partial charge is 0.265 e. The van der Waals surface area contributed by atoms with Crippen LogP contribution in [0.25, 0.3) is 12.2 Å². The van der Waals surface area contributed by atoms with E-state index in [1.807, 2.05) is 36.4 Å². The number of hydrogen-bond acceptors (Lipinski definition) is 2. The van der Waals surface area contributed by atoms with E-state index in [0.717, 1.165) is 29.0 Å². The van der Waals surface area contributed by atoms with Gasteiger partial charge in [-0.1, -0.05) is 12.2 Å². The fourth-order valence-corrected chi connectivity index (χ4v) is 3.63. The van der Waals surface area contributed by atoms with Crippen molar-refractivity contribution in [2.24, 2.45) is 0 Å². The van der Waals surface area contributed by atoms with Crippen LogP contribution in [-0.2, 0) is 0 Å². The lowest BCUT2D eigenvalue weighted by Crippen LogP contribution is -1.74. The minimum absolute atomic E-state index is 1.04. The van der Waals surface area contributed by atoms with E-state index in [2.05, 4.69) is 85.8 Å². The zero-order chi connectivity index (χ0) is 17.4. The summed E-state index contributed by atoms with van der Waals surface area (Å²) in [6, 6.07) is 11.8. The van der Waals surface area contributed by atoms with Gasteiger partial charge >= 0.3 is 0 Å². The lowest BCUT2D eigenvalue weighted by Gasteiger charge is -1.98. The van der Waals surface area contributed by atoms with Gasteiger partial charge in [-0.25, -0.2) is 0 Å². The van der Waals surface area contributed by atoms with Crippen LogP contribution < -0.4 is 0 Å². The molecule has 0 bridgehead atoms. The van der Waals surface area contributed by atoms with Gasteiger partial charge in [-0.2, -0.15) is 0 Å². The van der Waals surface area contributed by atoms with E-state index in [0.29, 0.717) is 0 Å². The van der Waals surface area contributed by atoms with E-state index in [4.69, 9.17) is 0 Å². The molecule has 0 unspecified atom stereocenters. The molecule has 6 heteroatoms. The van der Waals surface area contributed by atoms with Crippen LogP contribution >= 0.6 is 63.7 Å². The van der Waals surface area contributed by atoms with Crippen molar-refractivity contribution in [3.8, 4) is 0 Å². The Hall–Kier alpha value is -0.820. The zero-order valence-corrected chi connectivity index (χ0v) is 18.7. The predicted molar refractivity (Wildman–Crippen MR) is 115 cm³/mol. The quantitative estimate of drug-likeness (QED) is 0.298. The Morgan fingerprint density at radius 2 is 0.833 bits per heavy atom. The highest BCUT2D eigenvalue weighted by Gasteiger charge is 2.00. The Morgan fingerprint density at radius 3 is 1.12 bits per heavy atom. The van der Waals surface area contributed by atoms with Gasteiger partial charge in [-0.15, -0.1) is 0 Å². The van der Waals surface area contributed by atoms with E-state index in [1.165, 1.54) is 0 Å². The topological polar surface area (TPSA) is 25.8 Å². The van der Waals surface area contributed by atoms with Crippen LogP contribution in [0.15, 0.2) is 79.1 Å². The fourth-order valence-electron chi connectivity index (χ4n) is 1.64. The number of hydrogen-bond donors (Lipinski definition) is 0. The molecule has 2 heterocycles. The monoisotopic (exact) mass is 572 g/mol. The van der Waals surface area contributed by atoms with Crippen molar-refractivity contribution in [3.05, 3.63) is 90.2 Å². The van der Waals surface area contributed by atoms with Crippen LogP contribution in [0, 0.1) is 0 Å². The molecule has 0 saturated carbocycles. The van der Waals surface area contributed by atoms with Gasteiger partial charge in [-0.3, -0.25) is 9.97 Å². The summed E-state index contributed by atoms with van der Waals surface area (Å²) in [5.74, 6) is 0. The van der Waals surface area contributed by atoms with Gasteiger partial charge in [-0.05, 0) is 111 Å². The molecule has 3 aromatic rings. The highest BCUT2D eigenvalue weighted by molar-refractivity contribution is 9.14. The van der Waals surface area contributed by atoms with Crippen molar-refractivity contribution in [1.82, 2.24) is 9.97 Å². The van der Waals surface area contributed by atoms with Crippen molar-refractivity contribution in [2.45, 2.75) is 0 Å².